The number of rotatable bonds is 8. The van der Waals surface area contributed by atoms with Crippen LogP contribution in [0.2, 0.25) is 0 Å². The second-order valence-corrected chi connectivity index (χ2v) is 7.92. The number of aromatic nitrogens is 5. The number of benzene rings is 2. The summed E-state index contributed by atoms with van der Waals surface area (Å²) < 4.78 is 5.83. The zero-order chi connectivity index (χ0) is 24.2. The number of carbonyl (C=O) groups is 2. The zero-order valence-electron chi connectivity index (χ0n) is 19.0. The van der Waals surface area contributed by atoms with Gasteiger partial charge in [0.05, 0.1) is 17.7 Å². The predicted molar refractivity (Wildman–Crippen MR) is 133 cm³/mol. The lowest BCUT2D eigenvalue weighted by Gasteiger charge is -2.08. The summed E-state index contributed by atoms with van der Waals surface area (Å²) >= 11 is 0. The van der Waals surface area contributed by atoms with Gasteiger partial charge >= 0.3 is 0 Å². The van der Waals surface area contributed by atoms with E-state index >= 15 is 0 Å². The number of H-pyrrole nitrogens is 2. The van der Waals surface area contributed by atoms with Crippen molar-refractivity contribution in [1.82, 2.24) is 24.9 Å². The van der Waals surface area contributed by atoms with Crippen LogP contribution >= 0.6 is 0 Å². The maximum absolute atomic E-state index is 13.0. The molecule has 0 aliphatic heterocycles. The number of anilines is 2. The van der Waals surface area contributed by atoms with E-state index in [4.69, 9.17) is 4.74 Å². The Labute approximate surface area is 200 Å². The molecule has 5 aromatic rings. The van der Waals surface area contributed by atoms with E-state index in [1.807, 2.05) is 24.3 Å². The molecule has 2 aromatic carbocycles. The SMILES string of the molecule is CCCCOc1cc(C(=O)Nc2ncc[nH]2)c2nc(NC(=O)c3cc4ccccc4cn3)[nH]c2c1. The van der Waals surface area contributed by atoms with Gasteiger partial charge in [-0.2, -0.15) is 0 Å². The monoisotopic (exact) mass is 469 g/mol. The van der Waals surface area contributed by atoms with Crippen molar-refractivity contribution in [2.45, 2.75) is 19.8 Å². The number of amides is 2. The molecule has 0 spiro atoms. The lowest BCUT2D eigenvalue weighted by Crippen LogP contribution is -2.15. The predicted octanol–water partition coefficient (Wildman–Crippen LogP) is 4.52. The van der Waals surface area contributed by atoms with Crippen LogP contribution in [0.5, 0.6) is 5.75 Å². The molecule has 10 heteroatoms. The quantitative estimate of drug-likeness (QED) is 0.247. The molecule has 0 saturated carbocycles. The molecule has 0 aliphatic rings. The molecule has 0 aliphatic carbocycles. The topological polar surface area (TPSA) is 138 Å². The van der Waals surface area contributed by atoms with Crippen molar-refractivity contribution in [3.05, 3.63) is 72.3 Å². The van der Waals surface area contributed by atoms with Gasteiger partial charge < -0.3 is 14.7 Å². The van der Waals surface area contributed by atoms with Crippen LogP contribution in [-0.2, 0) is 0 Å². The van der Waals surface area contributed by atoms with E-state index in [0.717, 1.165) is 23.6 Å². The van der Waals surface area contributed by atoms with Crippen LogP contribution in [0.15, 0.2) is 61.1 Å². The lowest BCUT2D eigenvalue weighted by molar-refractivity contribution is 0.101. The number of hydrogen-bond acceptors (Lipinski definition) is 6. The third kappa shape index (κ3) is 4.81. The van der Waals surface area contributed by atoms with Crippen LogP contribution in [0.25, 0.3) is 21.8 Å². The summed E-state index contributed by atoms with van der Waals surface area (Å²) in [5.74, 6) is 0.195. The first-order chi connectivity index (χ1) is 17.1. The Morgan fingerprint density at radius 1 is 1.00 bits per heavy atom. The van der Waals surface area contributed by atoms with Crippen molar-refractivity contribution < 1.29 is 14.3 Å². The average Bonchev–Trinajstić information content (AvgIpc) is 3.52. The summed E-state index contributed by atoms with van der Waals surface area (Å²) in [4.78, 5) is 44.5. The average molecular weight is 470 g/mol. The molecular weight excluding hydrogens is 446 g/mol. The van der Waals surface area contributed by atoms with Gasteiger partial charge in [-0.05, 0) is 23.9 Å². The minimum Gasteiger partial charge on any atom is -0.493 e. The van der Waals surface area contributed by atoms with Crippen molar-refractivity contribution in [2.24, 2.45) is 0 Å². The van der Waals surface area contributed by atoms with Crippen LogP contribution in [0.3, 0.4) is 0 Å². The van der Waals surface area contributed by atoms with Crippen molar-refractivity contribution in [3.8, 4) is 5.75 Å². The highest BCUT2D eigenvalue weighted by atomic mass is 16.5. The summed E-state index contributed by atoms with van der Waals surface area (Å²) in [5.41, 5.74) is 1.47. The van der Waals surface area contributed by atoms with Crippen molar-refractivity contribution in [2.75, 3.05) is 17.2 Å². The molecule has 2 amide bonds. The van der Waals surface area contributed by atoms with Gasteiger partial charge in [0, 0.05) is 30.0 Å². The highest BCUT2D eigenvalue weighted by Crippen LogP contribution is 2.26. The molecule has 0 radical (unpaired) electrons. The van der Waals surface area contributed by atoms with E-state index in [1.165, 1.54) is 0 Å². The smallest absolute Gasteiger partial charge is 0.276 e. The Morgan fingerprint density at radius 2 is 1.83 bits per heavy atom. The normalized spacial score (nSPS) is 11.0. The summed E-state index contributed by atoms with van der Waals surface area (Å²) in [6.45, 7) is 2.59. The Balaban J connectivity index is 1.45. The Hall–Kier alpha value is -4.73. The van der Waals surface area contributed by atoms with Gasteiger partial charge in [0.1, 0.15) is 17.0 Å². The Bertz CT molecular complexity index is 1510. The van der Waals surface area contributed by atoms with Crippen LogP contribution < -0.4 is 15.4 Å². The molecule has 5 rings (SSSR count). The number of unbranched alkanes of at least 4 members (excludes halogenated alkanes) is 1. The van der Waals surface area contributed by atoms with Gasteiger partial charge in [-0.1, -0.05) is 37.6 Å². The maximum Gasteiger partial charge on any atom is 0.276 e. The van der Waals surface area contributed by atoms with Gasteiger partial charge in [0.25, 0.3) is 11.8 Å². The van der Waals surface area contributed by atoms with Gasteiger partial charge in [0.15, 0.2) is 0 Å². The molecule has 3 heterocycles. The molecule has 0 saturated heterocycles. The number of pyridine rings is 1. The number of nitrogens with zero attached hydrogens (tertiary/aromatic N) is 3. The number of ether oxygens (including phenoxy) is 1. The van der Waals surface area contributed by atoms with Gasteiger partial charge in [-0.25, -0.2) is 9.97 Å². The highest BCUT2D eigenvalue weighted by Gasteiger charge is 2.19. The van der Waals surface area contributed by atoms with Gasteiger partial charge in [-0.15, -0.1) is 0 Å². The molecule has 3 aromatic heterocycles. The third-order valence-corrected chi connectivity index (χ3v) is 5.40. The van der Waals surface area contributed by atoms with Crippen LogP contribution in [0.4, 0.5) is 11.9 Å². The molecule has 0 bridgehead atoms. The van der Waals surface area contributed by atoms with Crippen molar-refractivity contribution in [1.29, 1.82) is 0 Å². The van der Waals surface area contributed by atoms with E-state index in [1.54, 1.807) is 36.8 Å². The van der Waals surface area contributed by atoms with Crippen LogP contribution in [0, 0.1) is 0 Å². The summed E-state index contributed by atoms with van der Waals surface area (Å²) in [6, 6.07) is 12.8. The number of hydrogen-bond donors (Lipinski definition) is 4. The van der Waals surface area contributed by atoms with E-state index in [2.05, 4.69) is 42.5 Å². The number of carbonyl (C=O) groups excluding carboxylic acids is 2. The number of aromatic amines is 2. The number of nitrogens with one attached hydrogen (secondary N) is 4. The van der Waals surface area contributed by atoms with Crippen LogP contribution in [0.1, 0.15) is 40.6 Å². The minimum atomic E-state index is -0.421. The maximum atomic E-state index is 13.0. The first-order valence-electron chi connectivity index (χ1n) is 11.2. The first kappa shape index (κ1) is 22.1. The molecule has 0 unspecified atom stereocenters. The fourth-order valence-electron chi connectivity index (χ4n) is 3.63. The van der Waals surface area contributed by atoms with Crippen LogP contribution in [-0.4, -0.2) is 43.3 Å². The van der Waals surface area contributed by atoms with E-state index in [9.17, 15) is 9.59 Å². The minimum absolute atomic E-state index is 0.192. The fraction of sp³-hybridized carbons (Fsp3) is 0.160. The standard InChI is InChI=1S/C25H23N7O3/c1-2-3-10-35-17-12-18(22(33)31-24-26-8-9-27-24)21-19(13-17)29-25(30-21)32-23(34)20-11-15-6-4-5-7-16(15)14-28-20/h4-9,11-14H,2-3,10H2,1H3,(H2,26,27,31,33)(H2,29,30,32,34). The van der Waals surface area contributed by atoms with E-state index in [0.29, 0.717) is 29.3 Å². The largest absolute Gasteiger partial charge is 0.493 e. The Morgan fingerprint density at radius 3 is 2.63 bits per heavy atom. The molecule has 4 N–H and O–H groups in total. The summed E-state index contributed by atoms with van der Waals surface area (Å²) in [5, 5.41) is 7.29. The summed E-state index contributed by atoms with van der Waals surface area (Å²) in [7, 11) is 0. The number of imidazole rings is 2. The van der Waals surface area contributed by atoms with E-state index < -0.39 is 11.8 Å². The highest BCUT2D eigenvalue weighted by molar-refractivity contribution is 6.12. The van der Waals surface area contributed by atoms with E-state index in [-0.39, 0.29) is 17.2 Å². The molecule has 0 fully saturated rings. The second-order valence-electron chi connectivity index (χ2n) is 7.92. The second kappa shape index (κ2) is 9.64. The molecule has 10 nitrogen and oxygen atoms in total. The number of fused-ring (bicyclic) bond motifs is 2. The summed E-state index contributed by atoms with van der Waals surface area (Å²) in [6.07, 6.45) is 6.67. The van der Waals surface area contributed by atoms with Crippen molar-refractivity contribution >= 4 is 45.5 Å². The molecular formula is C25H23N7O3. The lowest BCUT2D eigenvalue weighted by atomic mass is 10.1. The van der Waals surface area contributed by atoms with Gasteiger partial charge in [-0.3, -0.25) is 25.2 Å². The zero-order valence-corrected chi connectivity index (χ0v) is 19.0. The fourth-order valence-corrected chi connectivity index (χ4v) is 3.63. The third-order valence-electron chi connectivity index (χ3n) is 5.40. The Kier molecular flexibility index (Phi) is 6.08. The molecule has 35 heavy (non-hydrogen) atoms. The van der Waals surface area contributed by atoms with Crippen molar-refractivity contribution in [3.63, 3.8) is 0 Å². The van der Waals surface area contributed by atoms with Gasteiger partial charge in [0.2, 0.25) is 11.9 Å². The first-order valence-corrected chi connectivity index (χ1v) is 11.2. The molecule has 176 valence electrons. The molecule has 0 atom stereocenters.